The fourth-order valence-corrected chi connectivity index (χ4v) is 2.84. The van der Waals surface area contributed by atoms with E-state index in [4.69, 9.17) is 5.11 Å². The Bertz CT molecular complexity index is 350. The van der Waals surface area contributed by atoms with Gasteiger partial charge >= 0.3 is 5.97 Å². The molecule has 6 nitrogen and oxygen atoms in total. The predicted molar refractivity (Wildman–Crippen MR) is 61.6 cm³/mol. The zero-order valence-electron chi connectivity index (χ0n) is 10.2. The molecule has 0 radical (unpaired) electrons. The van der Waals surface area contributed by atoms with Gasteiger partial charge in [0.15, 0.2) is 0 Å². The summed E-state index contributed by atoms with van der Waals surface area (Å²) in [5.41, 5.74) is -1.05. The van der Waals surface area contributed by atoms with Crippen molar-refractivity contribution in [2.45, 2.75) is 31.3 Å². The monoisotopic (exact) mass is 241 g/mol. The number of nitrogens with zero attached hydrogens (tertiary/aromatic N) is 1. The summed E-state index contributed by atoms with van der Waals surface area (Å²) in [7, 11) is 0. The van der Waals surface area contributed by atoms with Gasteiger partial charge < -0.3 is 15.7 Å². The van der Waals surface area contributed by atoms with Gasteiger partial charge in [-0.25, -0.2) is 0 Å². The Balaban J connectivity index is 2.24. The maximum absolute atomic E-state index is 11.9. The van der Waals surface area contributed by atoms with E-state index in [2.05, 4.69) is 10.6 Å². The largest absolute Gasteiger partial charge is 0.481 e. The Hall–Kier alpha value is -1.14. The third-order valence-electron chi connectivity index (χ3n) is 3.81. The minimum absolute atomic E-state index is 0.0274. The molecule has 0 atom stereocenters. The SMILES string of the molecule is CC1(C)C(=O)NCCN1C1(CC(=O)O)CNC1. The highest BCUT2D eigenvalue weighted by Crippen LogP contribution is 2.33. The van der Waals surface area contributed by atoms with Gasteiger partial charge in [-0.3, -0.25) is 14.5 Å². The Morgan fingerprint density at radius 2 is 2.12 bits per heavy atom. The number of carboxylic acids is 1. The molecule has 2 saturated heterocycles. The topological polar surface area (TPSA) is 81.7 Å². The number of nitrogens with one attached hydrogen (secondary N) is 2. The second-order valence-electron chi connectivity index (χ2n) is 5.36. The number of carbonyl (C=O) groups excluding carboxylic acids is 1. The standard InChI is InChI=1S/C11H19N3O3/c1-10(2)9(17)13-3-4-14(10)11(5-8(15)16)6-12-7-11/h12H,3-7H2,1-2H3,(H,13,17)(H,15,16). The van der Waals surface area contributed by atoms with Gasteiger partial charge in [-0.15, -0.1) is 0 Å². The first-order chi connectivity index (χ1) is 7.88. The molecule has 17 heavy (non-hydrogen) atoms. The molecule has 0 aromatic heterocycles. The van der Waals surface area contributed by atoms with Gasteiger partial charge in [0, 0.05) is 26.2 Å². The summed E-state index contributed by atoms with van der Waals surface area (Å²) in [6.45, 7) is 6.26. The summed E-state index contributed by atoms with van der Waals surface area (Å²) in [4.78, 5) is 24.9. The quantitative estimate of drug-likeness (QED) is 0.591. The third-order valence-corrected chi connectivity index (χ3v) is 3.81. The van der Waals surface area contributed by atoms with E-state index in [-0.39, 0.29) is 12.3 Å². The normalized spacial score (nSPS) is 27.1. The minimum Gasteiger partial charge on any atom is -0.481 e. The smallest absolute Gasteiger partial charge is 0.305 e. The molecular weight excluding hydrogens is 222 g/mol. The highest BCUT2D eigenvalue weighted by atomic mass is 16.4. The number of carbonyl (C=O) groups is 2. The number of hydrogen-bond acceptors (Lipinski definition) is 4. The van der Waals surface area contributed by atoms with Crippen LogP contribution in [0, 0.1) is 0 Å². The van der Waals surface area contributed by atoms with Crippen molar-refractivity contribution in [3.63, 3.8) is 0 Å². The number of piperazine rings is 1. The van der Waals surface area contributed by atoms with E-state index in [1.54, 1.807) is 0 Å². The Kier molecular flexibility index (Phi) is 2.87. The molecule has 0 spiro atoms. The molecule has 1 amide bonds. The van der Waals surface area contributed by atoms with Crippen LogP contribution in [0.5, 0.6) is 0 Å². The fourth-order valence-electron chi connectivity index (χ4n) is 2.84. The second kappa shape index (κ2) is 3.96. The maximum Gasteiger partial charge on any atom is 0.305 e. The molecule has 0 aromatic rings. The van der Waals surface area contributed by atoms with Gasteiger partial charge in [0.05, 0.1) is 17.5 Å². The van der Waals surface area contributed by atoms with Crippen LogP contribution in [-0.2, 0) is 9.59 Å². The zero-order chi connectivity index (χ0) is 12.7. The van der Waals surface area contributed by atoms with Crippen LogP contribution < -0.4 is 10.6 Å². The highest BCUT2D eigenvalue weighted by molar-refractivity contribution is 5.86. The Morgan fingerprint density at radius 3 is 2.59 bits per heavy atom. The first kappa shape index (κ1) is 12.3. The lowest BCUT2D eigenvalue weighted by molar-refractivity contribution is -0.153. The van der Waals surface area contributed by atoms with Gasteiger partial charge in [0.25, 0.3) is 0 Å². The summed E-state index contributed by atoms with van der Waals surface area (Å²) >= 11 is 0. The van der Waals surface area contributed by atoms with Crippen molar-refractivity contribution in [2.75, 3.05) is 26.2 Å². The van der Waals surface area contributed by atoms with Crippen molar-refractivity contribution in [1.29, 1.82) is 0 Å². The van der Waals surface area contributed by atoms with Crippen molar-refractivity contribution in [3.8, 4) is 0 Å². The van der Waals surface area contributed by atoms with Crippen LogP contribution in [0.15, 0.2) is 0 Å². The van der Waals surface area contributed by atoms with Crippen LogP contribution >= 0.6 is 0 Å². The first-order valence-electron chi connectivity index (χ1n) is 5.87. The van der Waals surface area contributed by atoms with E-state index in [1.807, 2.05) is 18.7 Å². The lowest BCUT2D eigenvalue weighted by Crippen LogP contribution is -2.78. The average Bonchev–Trinajstić information content (AvgIpc) is 2.16. The van der Waals surface area contributed by atoms with E-state index in [9.17, 15) is 9.59 Å². The molecule has 0 bridgehead atoms. The van der Waals surface area contributed by atoms with Crippen molar-refractivity contribution < 1.29 is 14.7 Å². The summed E-state index contributed by atoms with van der Waals surface area (Å²) in [6, 6.07) is 0. The zero-order valence-corrected chi connectivity index (χ0v) is 10.2. The molecule has 96 valence electrons. The van der Waals surface area contributed by atoms with Gasteiger partial charge in [-0.1, -0.05) is 0 Å². The summed E-state index contributed by atoms with van der Waals surface area (Å²) in [6.07, 6.45) is 0.0801. The van der Waals surface area contributed by atoms with Crippen LogP contribution in [0.4, 0.5) is 0 Å². The lowest BCUT2D eigenvalue weighted by atomic mass is 9.81. The second-order valence-corrected chi connectivity index (χ2v) is 5.36. The molecule has 0 aromatic carbocycles. The number of carboxylic acid groups (broad SMARTS) is 1. The first-order valence-corrected chi connectivity index (χ1v) is 5.87. The van der Waals surface area contributed by atoms with Crippen molar-refractivity contribution >= 4 is 11.9 Å². The van der Waals surface area contributed by atoms with Crippen molar-refractivity contribution in [2.24, 2.45) is 0 Å². The van der Waals surface area contributed by atoms with Crippen LogP contribution in [0.1, 0.15) is 20.3 Å². The molecule has 2 heterocycles. The highest BCUT2D eigenvalue weighted by Gasteiger charge is 2.52. The summed E-state index contributed by atoms with van der Waals surface area (Å²) < 4.78 is 0. The van der Waals surface area contributed by atoms with Crippen LogP contribution in [0.25, 0.3) is 0 Å². The van der Waals surface area contributed by atoms with E-state index in [0.717, 1.165) is 0 Å². The third kappa shape index (κ3) is 1.91. The minimum atomic E-state index is -0.812. The van der Waals surface area contributed by atoms with Crippen LogP contribution in [0.2, 0.25) is 0 Å². The van der Waals surface area contributed by atoms with Crippen molar-refractivity contribution in [3.05, 3.63) is 0 Å². The Labute approximate surface area is 100 Å². The summed E-state index contributed by atoms with van der Waals surface area (Å²) in [5.74, 6) is -0.839. The average molecular weight is 241 g/mol. The van der Waals surface area contributed by atoms with Crippen molar-refractivity contribution in [1.82, 2.24) is 15.5 Å². The molecule has 0 aliphatic carbocycles. The fraction of sp³-hybridized carbons (Fsp3) is 0.818. The molecular formula is C11H19N3O3. The molecule has 3 N–H and O–H groups in total. The van der Waals surface area contributed by atoms with E-state index < -0.39 is 17.0 Å². The number of hydrogen-bond donors (Lipinski definition) is 3. The molecule has 0 unspecified atom stereocenters. The maximum atomic E-state index is 11.9. The van der Waals surface area contributed by atoms with E-state index in [1.165, 1.54) is 0 Å². The number of rotatable bonds is 3. The molecule has 2 fully saturated rings. The van der Waals surface area contributed by atoms with Gasteiger partial charge in [-0.2, -0.15) is 0 Å². The predicted octanol–water partition coefficient (Wildman–Crippen LogP) is -0.986. The van der Waals surface area contributed by atoms with Gasteiger partial charge in [-0.05, 0) is 13.8 Å². The summed E-state index contributed by atoms with van der Waals surface area (Å²) in [5, 5.41) is 15.0. The van der Waals surface area contributed by atoms with Gasteiger partial charge in [0.2, 0.25) is 5.91 Å². The molecule has 2 aliphatic heterocycles. The molecule has 2 rings (SSSR count). The molecule has 0 saturated carbocycles. The number of amides is 1. The van der Waals surface area contributed by atoms with Crippen LogP contribution in [-0.4, -0.2) is 59.1 Å². The lowest BCUT2D eigenvalue weighted by Gasteiger charge is -2.57. The van der Waals surface area contributed by atoms with Gasteiger partial charge in [0.1, 0.15) is 0 Å². The number of aliphatic carboxylic acids is 1. The molecule has 6 heteroatoms. The Morgan fingerprint density at radius 1 is 1.47 bits per heavy atom. The molecule has 2 aliphatic rings. The van der Waals surface area contributed by atoms with Crippen LogP contribution in [0.3, 0.4) is 0 Å². The van der Waals surface area contributed by atoms with E-state index in [0.29, 0.717) is 26.2 Å². The van der Waals surface area contributed by atoms with E-state index >= 15 is 0 Å².